The second kappa shape index (κ2) is 7.52. The number of aliphatic hydroxyl groups excluding tert-OH is 1. The molecule has 1 saturated heterocycles. The number of benzene rings is 1. The molecular weight excluding hydrogens is 272 g/mol. The number of likely N-dealkylation sites (tertiary alicyclic amines) is 1. The summed E-state index contributed by atoms with van der Waals surface area (Å²) in [5.41, 5.74) is 2.71. The highest BCUT2D eigenvalue weighted by atomic mass is 16.3. The molecule has 116 valence electrons. The molecule has 0 aliphatic carbocycles. The Kier molecular flexibility index (Phi) is 5.20. The smallest absolute Gasteiger partial charge is 0.0477 e. The largest absolute Gasteiger partial charge is 0.396 e. The molecule has 22 heavy (non-hydrogen) atoms. The van der Waals surface area contributed by atoms with Crippen molar-refractivity contribution >= 4 is 0 Å². The minimum atomic E-state index is 0.278. The Morgan fingerprint density at radius 1 is 1.05 bits per heavy atom. The molecule has 2 heterocycles. The highest BCUT2D eigenvalue weighted by Crippen LogP contribution is 2.32. The average Bonchev–Trinajstić information content (AvgIpc) is 3.00. The number of pyridine rings is 1. The van der Waals surface area contributed by atoms with E-state index in [-0.39, 0.29) is 6.61 Å². The summed E-state index contributed by atoms with van der Waals surface area (Å²) in [6.07, 6.45) is 5.97. The maximum atomic E-state index is 9.69. The van der Waals surface area contributed by atoms with E-state index in [0.717, 1.165) is 32.5 Å². The van der Waals surface area contributed by atoms with Crippen molar-refractivity contribution < 1.29 is 5.11 Å². The van der Waals surface area contributed by atoms with Crippen molar-refractivity contribution in [3.05, 3.63) is 66.0 Å². The minimum Gasteiger partial charge on any atom is -0.396 e. The van der Waals surface area contributed by atoms with Crippen LogP contribution in [0, 0.1) is 5.92 Å². The van der Waals surface area contributed by atoms with E-state index in [0.29, 0.717) is 11.8 Å². The normalized spacial score (nSPS) is 22.0. The summed E-state index contributed by atoms with van der Waals surface area (Å²) >= 11 is 0. The fourth-order valence-electron chi connectivity index (χ4n) is 3.46. The third-order valence-electron chi connectivity index (χ3n) is 4.67. The number of rotatable bonds is 6. The molecule has 1 aliphatic heterocycles. The zero-order valence-electron chi connectivity index (χ0n) is 12.9. The van der Waals surface area contributed by atoms with Crippen molar-refractivity contribution in [1.82, 2.24) is 9.88 Å². The SMILES string of the molecule is OC[C@@H]1CN(CCCc2ccncc2)C[C@H]1c1ccccc1. The van der Waals surface area contributed by atoms with Gasteiger partial charge in [-0.1, -0.05) is 30.3 Å². The molecule has 0 saturated carbocycles. The summed E-state index contributed by atoms with van der Waals surface area (Å²) in [6.45, 7) is 3.45. The van der Waals surface area contributed by atoms with Crippen LogP contribution in [-0.2, 0) is 6.42 Å². The number of hydrogen-bond acceptors (Lipinski definition) is 3. The first-order valence-electron chi connectivity index (χ1n) is 8.14. The topological polar surface area (TPSA) is 36.4 Å². The zero-order chi connectivity index (χ0) is 15.2. The maximum absolute atomic E-state index is 9.69. The molecule has 2 aromatic rings. The van der Waals surface area contributed by atoms with Crippen molar-refractivity contribution in [3.8, 4) is 0 Å². The first kappa shape index (κ1) is 15.2. The Balaban J connectivity index is 1.53. The molecule has 3 nitrogen and oxygen atoms in total. The van der Waals surface area contributed by atoms with Gasteiger partial charge in [-0.2, -0.15) is 0 Å². The molecule has 2 atom stereocenters. The lowest BCUT2D eigenvalue weighted by atomic mass is 9.90. The molecule has 1 aromatic heterocycles. The second-order valence-electron chi connectivity index (χ2n) is 6.18. The van der Waals surface area contributed by atoms with E-state index in [2.05, 4.69) is 52.3 Å². The molecule has 0 amide bonds. The molecule has 0 spiro atoms. The number of aryl methyl sites for hydroxylation is 1. The standard InChI is InChI=1S/C19H24N2O/c22-15-18-13-21(12-4-5-16-8-10-20-11-9-16)14-19(18)17-6-2-1-3-7-17/h1-3,6-11,18-19,22H,4-5,12-15H2/t18-,19-/m0/s1. The van der Waals surface area contributed by atoms with Crippen LogP contribution in [0.4, 0.5) is 0 Å². The Hall–Kier alpha value is -1.71. The van der Waals surface area contributed by atoms with Crippen LogP contribution in [0.5, 0.6) is 0 Å². The van der Waals surface area contributed by atoms with Gasteiger partial charge in [-0.25, -0.2) is 0 Å². The van der Waals surface area contributed by atoms with Gasteiger partial charge in [0, 0.05) is 43.9 Å². The summed E-state index contributed by atoms with van der Waals surface area (Å²) in [6, 6.07) is 14.8. The molecule has 1 aromatic carbocycles. The zero-order valence-corrected chi connectivity index (χ0v) is 12.9. The van der Waals surface area contributed by atoms with Crippen LogP contribution < -0.4 is 0 Å². The Morgan fingerprint density at radius 2 is 1.82 bits per heavy atom. The van der Waals surface area contributed by atoms with Crippen molar-refractivity contribution in [2.45, 2.75) is 18.8 Å². The van der Waals surface area contributed by atoms with Gasteiger partial charge in [-0.3, -0.25) is 4.98 Å². The fourth-order valence-corrected chi connectivity index (χ4v) is 3.46. The van der Waals surface area contributed by atoms with Crippen molar-refractivity contribution in [3.63, 3.8) is 0 Å². The summed E-state index contributed by atoms with van der Waals surface area (Å²) in [5.74, 6) is 0.829. The van der Waals surface area contributed by atoms with E-state index < -0.39 is 0 Å². The van der Waals surface area contributed by atoms with Crippen LogP contribution in [-0.4, -0.2) is 41.2 Å². The van der Waals surface area contributed by atoms with Gasteiger partial charge in [0.05, 0.1) is 0 Å². The molecule has 1 N–H and O–H groups in total. The average molecular weight is 296 g/mol. The Labute approximate surface area is 132 Å². The van der Waals surface area contributed by atoms with Gasteiger partial charge in [0.15, 0.2) is 0 Å². The Morgan fingerprint density at radius 3 is 2.55 bits per heavy atom. The van der Waals surface area contributed by atoms with Crippen LogP contribution >= 0.6 is 0 Å². The minimum absolute atomic E-state index is 0.278. The molecule has 0 unspecified atom stereocenters. The van der Waals surface area contributed by atoms with Crippen LogP contribution in [0.1, 0.15) is 23.5 Å². The van der Waals surface area contributed by atoms with Crippen LogP contribution in [0.2, 0.25) is 0 Å². The highest BCUT2D eigenvalue weighted by Gasteiger charge is 2.32. The summed E-state index contributed by atoms with van der Waals surface area (Å²) in [7, 11) is 0. The third-order valence-corrected chi connectivity index (χ3v) is 4.67. The molecule has 0 radical (unpaired) electrons. The first-order chi connectivity index (χ1) is 10.9. The highest BCUT2D eigenvalue weighted by molar-refractivity contribution is 5.22. The van der Waals surface area contributed by atoms with Crippen molar-refractivity contribution in [1.29, 1.82) is 0 Å². The number of nitrogens with zero attached hydrogens (tertiary/aromatic N) is 2. The van der Waals surface area contributed by atoms with E-state index >= 15 is 0 Å². The van der Waals surface area contributed by atoms with Crippen LogP contribution in [0.25, 0.3) is 0 Å². The van der Waals surface area contributed by atoms with E-state index in [4.69, 9.17) is 0 Å². The quantitative estimate of drug-likeness (QED) is 0.890. The summed E-state index contributed by atoms with van der Waals surface area (Å²) in [5, 5.41) is 9.69. The van der Waals surface area contributed by atoms with E-state index in [1.807, 2.05) is 12.4 Å². The predicted octanol–water partition coefficient (Wildman–Crippen LogP) is 2.72. The van der Waals surface area contributed by atoms with Gasteiger partial charge in [-0.05, 0) is 42.6 Å². The number of aromatic nitrogens is 1. The second-order valence-corrected chi connectivity index (χ2v) is 6.18. The lowest BCUT2D eigenvalue weighted by Crippen LogP contribution is -2.23. The molecule has 3 rings (SSSR count). The third kappa shape index (κ3) is 3.73. The summed E-state index contributed by atoms with van der Waals surface area (Å²) in [4.78, 5) is 6.56. The molecule has 1 fully saturated rings. The number of hydrogen-bond donors (Lipinski definition) is 1. The van der Waals surface area contributed by atoms with Gasteiger partial charge in [0.2, 0.25) is 0 Å². The van der Waals surface area contributed by atoms with Crippen LogP contribution in [0.3, 0.4) is 0 Å². The monoisotopic (exact) mass is 296 g/mol. The van der Waals surface area contributed by atoms with E-state index in [9.17, 15) is 5.11 Å². The van der Waals surface area contributed by atoms with Gasteiger partial charge in [0.1, 0.15) is 0 Å². The van der Waals surface area contributed by atoms with Gasteiger partial charge in [0.25, 0.3) is 0 Å². The summed E-state index contributed by atoms with van der Waals surface area (Å²) < 4.78 is 0. The lowest BCUT2D eigenvalue weighted by Gasteiger charge is -2.16. The fraction of sp³-hybridized carbons (Fsp3) is 0.421. The Bertz CT molecular complexity index is 558. The van der Waals surface area contributed by atoms with E-state index in [1.54, 1.807) is 0 Å². The molecule has 3 heteroatoms. The molecule has 0 bridgehead atoms. The van der Waals surface area contributed by atoms with Crippen molar-refractivity contribution in [2.75, 3.05) is 26.2 Å². The van der Waals surface area contributed by atoms with Gasteiger partial charge >= 0.3 is 0 Å². The van der Waals surface area contributed by atoms with E-state index in [1.165, 1.54) is 11.1 Å². The molecule has 1 aliphatic rings. The first-order valence-corrected chi connectivity index (χ1v) is 8.14. The van der Waals surface area contributed by atoms with Gasteiger partial charge < -0.3 is 10.0 Å². The lowest BCUT2D eigenvalue weighted by molar-refractivity contribution is 0.215. The van der Waals surface area contributed by atoms with Crippen LogP contribution in [0.15, 0.2) is 54.9 Å². The number of aliphatic hydroxyl groups is 1. The van der Waals surface area contributed by atoms with Crippen molar-refractivity contribution in [2.24, 2.45) is 5.92 Å². The maximum Gasteiger partial charge on any atom is 0.0477 e. The predicted molar refractivity (Wildman–Crippen MR) is 88.8 cm³/mol. The van der Waals surface area contributed by atoms with Gasteiger partial charge in [-0.15, -0.1) is 0 Å². The molecular formula is C19H24N2O.